The van der Waals surface area contributed by atoms with Crippen LogP contribution in [0.1, 0.15) is 5.69 Å². The van der Waals surface area contributed by atoms with Crippen LogP contribution >= 0.6 is 15.9 Å². The number of hydrogen-bond acceptors (Lipinski definition) is 3. The first-order valence-corrected chi connectivity index (χ1v) is 5.18. The topological polar surface area (TPSA) is 64.1 Å². The van der Waals surface area contributed by atoms with Gasteiger partial charge in [-0.3, -0.25) is 0 Å². The number of nitrogen functional groups attached to an aromatic ring is 1. The van der Waals surface area contributed by atoms with Crippen LogP contribution < -0.4 is 5.73 Å². The van der Waals surface area contributed by atoms with E-state index in [-0.39, 0.29) is 5.75 Å². The van der Waals surface area contributed by atoms with Gasteiger partial charge in [0.15, 0.2) is 0 Å². The molecule has 4 nitrogen and oxygen atoms in total. The maximum absolute atomic E-state index is 9.36. The molecule has 0 saturated carbocycles. The highest BCUT2D eigenvalue weighted by atomic mass is 79.9. The maximum atomic E-state index is 9.36. The Labute approximate surface area is 95.5 Å². The third kappa shape index (κ3) is 1.83. The molecule has 3 N–H and O–H groups in total. The zero-order chi connectivity index (χ0) is 11.0. The van der Waals surface area contributed by atoms with Crippen LogP contribution in [-0.4, -0.2) is 14.9 Å². The van der Waals surface area contributed by atoms with Crippen molar-refractivity contribution >= 4 is 21.7 Å². The van der Waals surface area contributed by atoms with E-state index in [2.05, 4.69) is 21.0 Å². The lowest BCUT2D eigenvalue weighted by molar-refractivity contribution is 0.472. The van der Waals surface area contributed by atoms with Crippen LogP contribution in [0, 0.1) is 6.92 Å². The molecule has 0 fully saturated rings. The molecule has 0 spiro atoms. The maximum Gasteiger partial charge on any atom is 0.129 e. The van der Waals surface area contributed by atoms with Gasteiger partial charge in [-0.15, -0.1) is 0 Å². The average molecular weight is 268 g/mol. The van der Waals surface area contributed by atoms with Crippen molar-refractivity contribution in [2.75, 3.05) is 5.73 Å². The molecule has 1 aromatic carbocycles. The Hall–Kier alpha value is -1.49. The number of halogens is 1. The monoisotopic (exact) mass is 267 g/mol. The second kappa shape index (κ2) is 3.58. The van der Waals surface area contributed by atoms with E-state index in [0.29, 0.717) is 10.3 Å². The number of anilines is 1. The summed E-state index contributed by atoms with van der Waals surface area (Å²) in [7, 11) is 0. The largest absolute Gasteiger partial charge is 0.507 e. The van der Waals surface area contributed by atoms with Crippen molar-refractivity contribution in [1.29, 1.82) is 0 Å². The van der Waals surface area contributed by atoms with Gasteiger partial charge in [0.05, 0.1) is 15.9 Å². The van der Waals surface area contributed by atoms with Gasteiger partial charge in [-0.2, -0.15) is 5.10 Å². The fourth-order valence-electron chi connectivity index (χ4n) is 1.35. The zero-order valence-electron chi connectivity index (χ0n) is 8.11. The number of hydrogen-bond donors (Lipinski definition) is 2. The van der Waals surface area contributed by atoms with Crippen LogP contribution in [0.3, 0.4) is 0 Å². The molecule has 15 heavy (non-hydrogen) atoms. The fourth-order valence-corrected chi connectivity index (χ4v) is 1.72. The molecule has 0 saturated heterocycles. The Morgan fingerprint density at radius 2 is 2.13 bits per heavy atom. The molecule has 1 aromatic heterocycles. The van der Waals surface area contributed by atoms with Gasteiger partial charge in [-0.25, -0.2) is 4.68 Å². The standard InChI is InChI=1S/C10H10BrN3O/c1-6-4-10(12)14(13-6)7-2-3-9(15)8(11)5-7/h2-5,15H,12H2,1H3. The molecule has 0 amide bonds. The first-order chi connectivity index (χ1) is 7.08. The minimum Gasteiger partial charge on any atom is -0.507 e. The Balaban J connectivity index is 2.54. The summed E-state index contributed by atoms with van der Waals surface area (Å²) in [5.74, 6) is 0.770. The molecule has 0 aliphatic rings. The first-order valence-electron chi connectivity index (χ1n) is 4.39. The lowest BCUT2D eigenvalue weighted by Gasteiger charge is -2.05. The smallest absolute Gasteiger partial charge is 0.129 e. The summed E-state index contributed by atoms with van der Waals surface area (Å²) >= 11 is 3.24. The molecular formula is C10H10BrN3O. The lowest BCUT2D eigenvalue weighted by Crippen LogP contribution is -2.01. The van der Waals surface area contributed by atoms with E-state index in [1.165, 1.54) is 0 Å². The van der Waals surface area contributed by atoms with Crippen LogP contribution in [0.2, 0.25) is 0 Å². The lowest BCUT2D eigenvalue weighted by atomic mass is 10.3. The average Bonchev–Trinajstić information content (AvgIpc) is 2.50. The van der Waals surface area contributed by atoms with Gasteiger partial charge in [0, 0.05) is 6.07 Å². The van der Waals surface area contributed by atoms with Gasteiger partial charge < -0.3 is 10.8 Å². The van der Waals surface area contributed by atoms with Crippen LogP contribution in [0.4, 0.5) is 5.82 Å². The Morgan fingerprint density at radius 1 is 1.40 bits per heavy atom. The molecular weight excluding hydrogens is 258 g/mol. The second-order valence-electron chi connectivity index (χ2n) is 3.26. The van der Waals surface area contributed by atoms with Gasteiger partial charge in [-0.05, 0) is 41.1 Å². The number of aryl methyl sites for hydroxylation is 1. The summed E-state index contributed by atoms with van der Waals surface area (Å²) < 4.78 is 2.24. The van der Waals surface area contributed by atoms with Crippen molar-refractivity contribution in [2.24, 2.45) is 0 Å². The minimum absolute atomic E-state index is 0.196. The third-order valence-corrected chi connectivity index (χ3v) is 2.67. The number of phenols is 1. The second-order valence-corrected chi connectivity index (χ2v) is 4.11. The summed E-state index contributed by atoms with van der Waals surface area (Å²) in [6.07, 6.45) is 0. The molecule has 0 aliphatic carbocycles. The highest BCUT2D eigenvalue weighted by Gasteiger charge is 2.06. The molecule has 0 aliphatic heterocycles. The van der Waals surface area contributed by atoms with Crippen molar-refractivity contribution in [3.8, 4) is 11.4 Å². The molecule has 0 atom stereocenters. The van der Waals surface area contributed by atoms with Gasteiger partial charge in [-0.1, -0.05) is 0 Å². The quantitative estimate of drug-likeness (QED) is 0.833. The minimum atomic E-state index is 0.196. The summed E-state index contributed by atoms with van der Waals surface area (Å²) in [5.41, 5.74) is 7.45. The number of aromatic nitrogens is 2. The Bertz CT molecular complexity index is 507. The van der Waals surface area contributed by atoms with E-state index in [1.807, 2.05) is 6.92 Å². The predicted molar refractivity (Wildman–Crippen MR) is 62.1 cm³/mol. The molecule has 2 aromatic rings. The molecule has 1 heterocycles. The summed E-state index contributed by atoms with van der Waals surface area (Å²) in [6, 6.07) is 6.90. The van der Waals surface area contributed by atoms with Crippen molar-refractivity contribution in [1.82, 2.24) is 9.78 Å². The normalized spacial score (nSPS) is 10.5. The van der Waals surface area contributed by atoms with Gasteiger partial charge in [0.2, 0.25) is 0 Å². The predicted octanol–water partition coefficient (Wildman–Crippen LogP) is 2.23. The Kier molecular flexibility index (Phi) is 2.40. The molecule has 0 radical (unpaired) electrons. The number of phenolic OH excluding ortho intramolecular Hbond substituents is 1. The van der Waals surface area contributed by atoms with Gasteiger partial charge in [0.1, 0.15) is 11.6 Å². The van der Waals surface area contributed by atoms with Gasteiger partial charge in [0.25, 0.3) is 0 Å². The van der Waals surface area contributed by atoms with Crippen molar-refractivity contribution in [3.05, 3.63) is 34.4 Å². The van der Waals surface area contributed by atoms with Crippen LogP contribution in [0.15, 0.2) is 28.7 Å². The number of benzene rings is 1. The molecule has 0 bridgehead atoms. The molecule has 2 rings (SSSR count). The third-order valence-electron chi connectivity index (χ3n) is 2.03. The molecule has 5 heteroatoms. The summed E-state index contributed by atoms with van der Waals surface area (Å²) in [5, 5.41) is 13.6. The van der Waals surface area contributed by atoms with Crippen molar-refractivity contribution in [3.63, 3.8) is 0 Å². The first kappa shape index (κ1) is 10.0. The summed E-state index contributed by atoms with van der Waals surface area (Å²) in [6.45, 7) is 1.88. The van der Waals surface area contributed by atoms with Crippen molar-refractivity contribution < 1.29 is 5.11 Å². The van der Waals surface area contributed by atoms with E-state index in [1.54, 1.807) is 28.9 Å². The number of nitrogens with two attached hydrogens (primary N) is 1. The van der Waals surface area contributed by atoms with Crippen LogP contribution in [0.5, 0.6) is 5.75 Å². The SMILES string of the molecule is Cc1cc(N)n(-c2ccc(O)c(Br)c2)n1. The highest BCUT2D eigenvalue weighted by molar-refractivity contribution is 9.10. The highest BCUT2D eigenvalue weighted by Crippen LogP contribution is 2.26. The Morgan fingerprint density at radius 3 is 2.67 bits per heavy atom. The van der Waals surface area contributed by atoms with E-state index in [9.17, 15) is 5.11 Å². The van der Waals surface area contributed by atoms with Gasteiger partial charge >= 0.3 is 0 Å². The number of rotatable bonds is 1. The number of aromatic hydroxyl groups is 1. The summed E-state index contributed by atoms with van der Waals surface area (Å²) in [4.78, 5) is 0. The van der Waals surface area contributed by atoms with E-state index < -0.39 is 0 Å². The van der Waals surface area contributed by atoms with E-state index in [0.717, 1.165) is 11.4 Å². The molecule has 0 unspecified atom stereocenters. The zero-order valence-corrected chi connectivity index (χ0v) is 9.69. The van der Waals surface area contributed by atoms with E-state index in [4.69, 9.17) is 5.73 Å². The van der Waals surface area contributed by atoms with E-state index >= 15 is 0 Å². The van der Waals surface area contributed by atoms with Crippen LogP contribution in [0.25, 0.3) is 5.69 Å². The fraction of sp³-hybridized carbons (Fsp3) is 0.100. The van der Waals surface area contributed by atoms with Crippen molar-refractivity contribution in [2.45, 2.75) is 6.92 Å². The van der Waals surface area contributed by atoms with Crippen LogP contribution in [-0.2, 0) is 0 Å². The molecule has 78 valence electrons. The number of nitrogens with zero attached hydrogens (tertiary/aromatic N) is 2.